The van der Waals surface area contributed by atoms with Crippen molar-refractivity contribution in [3.05, 3.63) is 77.2 Å². The number of carbonyl (C=O) groups excluding carboxylic acids is 1. The molecule has 2 aliphatic heterocycles. The molecule has 3 aromatic carbocycles. The van der Waals surface area contributed by atoms with Crippen molar-refractivity contribution >= 4 is 38.1 Å². The Morgan fingerprint density at radius 1 is 0.895 bits per heavy atom. The van der Waals surface area contributed by atoms with Gasteiger partial charge in [0.2, 0.25) is 0 Å². The number of thiophene rings is 1. The normalized spacial score (nSPS) is 16.4. The van der Waals surface area contributed by atoms with Crippen LogP contribution in [0, 0.1) is 12.8 Å². The van der Waals surface area contributed by atoms with Gasteiger partial charge in [-0.25, -0.2) is 0 Å². The SMILES string of the molecule is C#C.O=C(c1cc2c(OCCCN3CCC(c4ccc5ccccc5c4)CC3)cccc2s1)N1CCCC1. The summed E-state index contributed by atoms with van der Waals surface area (Å²) in [6, 6.07) is 23.8. The highest BCUT2D eigenvalue weighted by molar-refractivity contribution is 7.20. The van der Waals surface area contributed by atoms with E-state index in [-0.39, 0.29) is 5.91 Å². The molecule has 0 radical (unpaired) electrons. The molecule has 1 aromatic heterocycles. The molecule has 196 valence electrons. The van der Waals surface area contributed by atoms with Crippen molar-refractivity contribution in [1.29, 1.82) is 0 Å². The Morgan fingerprint density at radius 2 is 1.66 bits per heavy atom. The number of nitrogens with zero attached hydrogens (tertiary/aromatic N) is 2. The van der Waals surface area contributed by atoms with Crippen LogP contribution in [0.3, 0.4) is 0 Å². The zero-order chi connectivity index (χ0) is 26.3. The number of amides is 1. The van der Waals surface area contributed by atoms with Crippen molar-refractivity contribution in [1.82, 2.24) is 9.80 Å². The van der Waals surface area contributed by atoms with E-state index in [1.165, 1.54) is 29.2 Å². The second kappa shape index (κ2) is 12.5. The van der Waals surface area contributed by atoms with Gasteiger partial charge >= 0.3 is 0 Å². The number of piperidine rings is 1. The molecule has 2 aliphatic rings. The molecule has 2 fully saturated rings. The fourth-order valence-corrected chi connectivity index (χ4v) is 6.81. The molecule has 0 N–H and O–H groups in total. The van der Waals surface area contributed by atoms with Crippen molar-refractivity contribution in [2.45, 2.75) is 38.0 Å². The van der Waals surface area contributed by atoms with Crippen LogP contribution in [0.2, 0.25) is 0 Å². The second-order valence-electron chi connectivity index (χ2n) is 10.2. The van der Waals surface area contributed by atoms with Gasteiger partial charge in [0, 0.05) is 29.7 Å². The third-order valence-electron chi connectivity index (χ3n) is 7.83. The molecule has 38 heavy (non-hydrogen) atoms. The molecular weight excluding hydrogens is 488 g/mol. The second-order valence-corrected chi connectivity index (χ2v) is 11.3. The minimum atomic E-state index is 0.173. The Kier molecular flexibility index (Phi) is 8.63. The van der Waals surface area contributed by atoms with E-state index < -0.39 is 0 Å². The minimum absolute atomic E-state index is 0.173. The summed E-state index contributed by atoms with van der Waals surface area (Å²) in [5.74, 6) is 1.74. The standard InChI is InChI=1S/C31H34N2O2S.C2H2/c34-31(33-16-3-4-17-33)30-22-27-28(9-5-10-29(27)36-30)35-20-6-15-32-18-13-24(14-19-32)26-12-11-23-7-1-2-8-25(23)21-26;1-2/h1-2,5,7-12,21-22,24H,3-4,6,13-20H2;1-2H. The van der Waals surface area contributed by atoms with E-state index in [1.54, 1.807) is 11.3 Å². The Hall–Kier alpha value is -3.33. The summed E-state index contributed by atoms with van der Waals surface area (Å²) in [5.41, 5.74) is 1.49. The fraction of sp³-hybridized carbons (Fsp3) is 0.364. The molecule has 4 aromatic rings. The first-order valence-electron chi connectivity index (χ1n) is 13.7. The lowest BCUT2D eigenvalue weighted by atomic mass is 9.88. The largest absolute Gasteiger partial charge is 0.493 e. The summed E-state index contributed by atoms with van der Waals surface area (Å²) in [5, 5.41) is 3.75. The maximum atomic E-state index is 12.8. The molecule has 3 heterocycles. The Balaban J connectivity index is 0.00000144. The van der Waals surface area contributed by atoms with Crippen molar-refractivity contribution in [2.24, 2.45) is 0 Å². The van der Waals surface area contributed by atoms with Crippen LogP contribution in [0.25, 0.3) is 20.9 Å². The highest BCUT2D eigenvalue weighted by Crippen LogP contribution is 2.34. The van der Waals surface area contributed by atoms with Crippen LogP contribution >= 0.6 is 11.3 Å². The lowest BCUT2D eigenvalue weighted by molar-refractivity contribution is 0.0797. The number of hydrogen-bond acceptors (Lipinski definition) is 4. The van der Waals surface area contributed by atoms with Crippen molar-refractivity contribution in [2.75, 3.05) is 39.3 Å². The van der Waals surface area contributed by atoms with Crippen LogP contribution < -0.4 is 4.74 Å². The van der Waals surface area contributed by atoms with Crippen LogP contribution in [0.15, 0.2) is 66.7 Å². The Morgan fingerprint density at radius 3 is 2.45 bits per heavy atom. The highest BCUT2D eigenvalue weighted by atomic mass is 32.1. The molecule has 5 heteroatoms. The van der Waals surface area contributed by atoms with E-state index in [9.17, 15) is 4.79 Å². The average Bonchev–Trinajstić information content (AvgIpc) is 3.67. The van der Waals surface area contributed by atoms with Gasteiger partial charge in [-0.1, -0.05) is 48.5 Å². The van der Waals surface area contributed by atoms with Gasteiger partial charge in [0.1, 0.15) is 5.75 Å². The third-order valence-corrected chi connectivity index (χ3v) is 8.92. The van der Waals surface area contributed by atoms with Crippen LogP contribution in [0.1, 0.15) is 53.3 Å². The van der Waals surface area contributed by atoms with Crippen LogP contribution in [0.4, 0.5) is 0 Å². The number of fused-ring (bicyclic) bond motifs is 2. The summed E-state index contributed by atoms with van der Waals surface area (Å²) in [6.07, 6.45) is 13.7. The number of carbonyl (C=O) groups is 1. The first kappa shape index (κ1) is 26.3. The average molecular weight is 525 g/mol. The molecule has 2 saturated heterocycles. The van der Waals surface area contributed by atoms with Crippen molar-refractivity contribution in [3.8, 4) is 18.6 Å². The quantitative estimate of drug-likeness (QED) is 0.189. The molecule has 4 nitrogen and oxygen atoms in total. The van der Waals surface area contributed by atoms with E-state index in [2.05, 4.69) is 66.3 Å². The molecule has 6 rings (SSSR count). The molecule has 0 atom stereocenters. The van der Waals surface area contributed by atoms with Crippen LogP contribution in [-0.2, 0) is 0 Å². The summed E-state index contributed by atoms with van der Waals surface area (Å²) < 4.78 is 7.35. The molecule has 1 amide bonds. The number of hydrogen-bond donors (Lipinski definition) is 0. The van der Waals surface area contributed by atoms with E-state index in [0.29, 0.717) is 12.5 Å². The first-order chi connectivity index (χ1) is 18.7. The van der Waals surface area contributed by atoms with Gasteiger partial charge in [-0.3, -0.25) is 4.79 Å². The molecule has 0 aliphatic carbocycles. The van der Waals surface area contributed by atoms with Crippen LogP contribution in [0.5, 0.6) is 5.75 Å². The molecule has 0 saturated carbocycles. The van der Waals surface area contributed by atoms with Crippen molar-refractivity contribution < 1.29 is 9.53 Å². The monoisotopic (exact) mass is 524 g/mol. The van der Waals surface area contributed by atoms with E-state index in [4.69, 9.17) is 4.74 Å². The van der Waals surface area contributed by atoms with Crippen molar-refractivity contribution in [3.63, 3.8) is 0 Å². The molecule has 0 spiro atoms. The lowest BCUT2D eigenvalue weighted by Crippen LogP contribution is -2.34. The maximum absolute atomic E-state index is 12.8. The summed E-state index contributed by atoms with van der Waals surface area (Å²) in [7, 11) is 0. The van der Waals surface area contributed by atoms with Gasteiger partial charge in [-0.15, -0.1) is 24.2 Å². The van der Waals surface area contributed by atoms with Gasteiger partial charge < -0.3 is 14.5 Å². The van der Waals surface area contributed by atoms with Gasteiger partial charge in [0.25, 0.3) is 5.91 Å². The van der Waals surface area contributed by atoms with Gasteiger partial charge in [-0.2, -0.15) is 0 Å². The van der Waals surface area contributed by atoms with E-state index in [0.717, 1.165) is 72.7 Å². The minimum Gasteiger partial charge on any atom is -0.493 e. The Labute approximate surface area is 230 Å². The Bertz CT molecular complexity index is 1390. The van der Waals surface area contributed by atoms with Gasteiger partial charge in [-0.05, 0) is 85.6 Å². The zero-order valence-corrected chi connectivity index (χ0v) is 22.8. The van der Waals surface area contributed by atoms with E-state index >= 15 is 0 Å². The third kappa shape index (κ3) is 5.88. The number of ether oxygens (including phenoxy) is 1. The zero-order valence-electron chi connectivity index (χ0n) is 22.0. The molecular formula is C33H36N2O2S. The molecule has 0 bridgehead atoms. The smallest absolute Gasteiger partial charge is 0.263 e. The number of rotatable bonds is 7. The number of terminal acetylenes is 1. The number of benzene rings is 3. The first-order valence-corrected chi connectivity index (χ1v) is 14.6. The molecule has 0 unspecified atom stereocenters. The predicted octanol–water partition coefficient (Wildman–Crippen LogP) is 7.19. The number of likely N-dealkylation sites (tertiary alicyclic amines) is 2. The predicted molar refractivity (Wildman–Crippen MR) is 159 cm³/mol. The highest BCUT2D eigenvalue weighted by Gasteiger charge is 2.23. The topological polar surface area (TPSA) is 32.8 Å². The van der Waals surface area contributed by atoms with E-state index in [1.807, 2.05) is 23.1 Å². The summed E-state index contributed by atoms with van der Waals surface area (Å²) in [4.78, 5) is 18.2. The summed E-state index contributed by atoms with van der Waals surface area (Å²) in [6.45, 7) is 5.85. The van der Waals surface area contributed by atoms with Crippen LogP contribution in [-0.4, -0.2) is 55.0 Å². The summed E-state index contributed by atoms with van der Waals surface area (Å²) >= 11 is 1.59. The fourth-order valence-electron chi connectivity index (χ4n) is 5.76. The van der Waals surface area contributed by atoms with Gasteiger partial charge in [0.15, 0.2) is 0 Å². The lowest BCUT2D eigenvalue weighted by Gasteiger charge is -2.32. The maximum Gasteiger partial charge on any atom is 0.263 e. The van der Waals surface area contributed by atoms with Gasteiger partial charge in [0.05, 0.1) is 11.5 Å².